The Kier molecular flexibility index (Phi) is 5.07. The van der Waals surface area contributed by atoms with Crippen LogP contribution in [-0.2, 0) is 24.5 Å². The fourth-order valence-corrected chi connectivity index (χ4v) is 2.61. The van der Waals surface area contributed by atoms with E-state index in [1.165, 1.54) is 14.2 Å². The lowest BCUT2D eigenvalue weighted by atomic mass is 9.71. The smallest absolute Gasteiger partial charge is 0.328 e. The number of carbonyl (C=O) groups excluding carboxylic acids is 2. The van der Waals surface area contributed by atoms with Gasteiger partial charge in [0.15, 0.2) is 11.2 Å². The molecule has 0 atom stereocenters. The molecule has 2 rings (SSSR count). The van der Waals surface area contributed by atoms with E-state index in [9.17, 15) is 9.59 Å². The maximum absolute atomic E-state index is 12.8. The number of carbonyl (C=O) groups is 2. The minimum Gasteiger partial charge on any atom is -0.468 e. The van der Waals surface area contributed by atoms with Gasteiger partial charge in [-0.2, -0.15) is 0 Å². The van der Waals surface area contributed by atoms with E-state index < -0.39 is 11.4 Å². The van der Waals surface area contributed by atoms with Crippen molar-refractivity contribution in [1.29, 1.82) is 0 Å². The number of esters is 1. The molecule has 0 saturated carbocycles. The Hall–Kier alpha value is -2.46. The summed E-state index contributed by atoms with van der Waals surface area (Å²) in [5.41, 5.74) is -0.391. The van der Waals surface area contributed by atoms with Crippen LogP contribution in [0.1, 0.15) is 11.1 Å². The molecule has 2 aromatic rings. The van der Waals surface area contributed by atoms with Crippen molar-refractivity contribution < 1.29 is 19.1 Å². The van der Waals surface area contributed by atoms with E-state index in [0.717, 1.165) is 0 Å². The highest BCUT2D eigenvalue weighted by molar-refractivity contribution is 6.13. The van der Waals surface area contributed by atoms with Crippen molar-refractivity contribution >= 4 is 11.8 Å². The zero-order valence-electron chi connectivity index (χ0n) is 12.6. The predicted molar refractivity (Wildman–Crippen MR) is 82.6 cm³/mol. The first-order valence-electron chi connectivity index (χ1n) is 6.89. The molecule has 0 amide bonds. The highest BCUT2D eigenvalue weighted by atomic mass is 16.5. The summed E-state index contributed by atoms with van der Waals surface area (Å²) in [4.78, 5) is 25.5. The number of methoxy groups -OCH3 is 2. The molecule has 0 saturated heterocycles. The Bertz CT molecular complexity index is 595. The summed E-state index contributed by atoms with van der Waals surface area (Å²) in [5, 5.41) is 0. The Labute approximate surface area is 129 Å². The van der Waals surface area contributed by atoms with E-state index in [1.54, 1.807) is 48.5 Å². The topological polar surface area (TPSA) is 52.6 Å². The molecule has 0 spiro atoms. The van der Waals surface area contributed by atoms with Crippen LogP contribution in [0.4, 0.5) is 0 Å². The molecule has 0 aliphatic rings. The van der Waals surface area contributed by atoms with Crippen LogP contribution in [0.5, 0.6) is 0 Å². The minimum atomic E-state index is -1.52. The normalized spacial score (nSPS) is 11.0. The van der Waals surface area contributed by atoms with Gasteiger partial charge in [-0.15, -0.1) is 0 Å². The number of rotatable bonds is 6. The number of hydrogen-bond acceptors (Lipinski definition) is 4. The second-order valence-electron chi connectivity index (χ2n) is 4.83. The third kappa shape index (κ3) is 2.65. The zero-order chi connectivity index (χ0) is 16.0. The molecule has 0 aliphatic heterocycles. The van der Waals surface area contributed by atoms with Gasteiger partial charge in [0.2, 0.25) is 0 Å². The maximum Gasteiger partial charge on any atom is 0.328 e. The molecular weight excluding hydrogens is 280 g/mol. The van der Waals surface area contributed by atoms with Gasteiger partial charge in [-0.1, -0.05) is 60.7 Å². The SMILES string of the molecule is COCC(=O)C(C(=O)OC)(c1ccccc1)c1ccccc1. The molecule has 22 heavy (non-hydrogen) atoms. The van der Waals surface area contributed by atoms with Crippen molar-refractivity contribution in [3.8, 4) is 0 Å². The molecule has 4 heteroatoms. The molecule has 0 aromatic heterocycles. The molecule has 0 heterocycles. The van der Waals surface area contributed by atoms with E-state index in [0.29, 0.717) is 11.1 Å². The van der Waals surface area contributed by atoms with Crippen LogP contribution in [0, 0.1) is 0 Å². The monoisotopic (exact) mass is 298 g/mol. The van der Waals surface area contributed by atoms with Gasteiger partial charge in [0, 0.05) is 7.11 Å². The Morgan fingerprint density at radius 1 is 0.864 bits per heavy atom. The number of benzene rings is 2. The van der Waals surface area contributed by atoms with Crippen molar-refractivity contribution in [1.82, 2.24) is 0 Å². The van der Waals surface area contributed by atoms with Gasteiger partial charge in [0.1, 0.15) is 6.61 Å². The van der Waals surface area contributed by atoms with Crippen molar-refractivity contribution in [2.24, 2.45) is 0 Å². The first-order chi connectivity index (χ1) is 10.7. The molecule has 0 radical (unpaired) electrons. The highest BCUT2D eigenvalue weighted by Gasteiger charge is 2.49. The lowest BCUT2D eigenvalue weighted by Gasteiger charge is -2.30. The van der Waals surface area contributed by atoms with Gasteiger partial charge >= 0.3 is 5.97 Å². The molecule has 0 fully saturated rings. The molecule has 0 N–H and O–H groups in total. The largest absolute Gasteiger partial charge is 0.468 e. The van der Waals surface area contributed by atoms with Crippen LogP contribution in [0.2, 0.25) is 0 Å². The molecule has 2 aromatic carbocycles. The second kappa shape index (κ2) is 7.00. The quantitative estimate of drug-likeness (QED) is 0.607. The van der Waals surface area contributed by atoms with Gasteiger partial charge in [-0.05, 0) is 11.1 Å². The summed E-state index contributed by atoms with van der Waals surface area (Å²) in [5.74, 6) is -0.980. The summed E-state index contributed by atoms with van der Waals surface area (Å²) < 4.78 is 9.97. The van der Waals surface area contributed by atoms with Gasteiger partial charge in [-0.3, -0.25) is 9.59 Å². The third-order valence-electron chi connectivity index (χ3n) is 3.60. The third-order valence-corrected chi connectivity index (χ3v) is 3.60. The van der Waals surface area contributed by atoms with E-state index in [-0.39, 0.29) is 12.4 Å². The summed E-state index contributed by atoms with van der Waals surface area (Å²) >= 11 is 0. The average Bonchev–Trinajstić information content (AvgIpc) is 2.57. The number of ether oxygens (including phenoxy) is 2. The lowest BCUT2D eigenvalue weighted by Crippen LogP contribution is -2.47. The van der Waals surface area contributed by atoms with Gasteiger partial charge in [-0.25, -0.2) is 0 Å². The van der Waals surface area contributed by atoms with E-state index in [2.05, 4.69) is 0 Å². The van der Waals surface area contributed by atoms with Crippen LogP contribution in [0.25, 0.3) is 0 Å². The highest BCUT2D eigenvalue weighted by Crippen LogP contribution is 2.35. The van der Waals surface area contributed by atoms with Crippen molar-refractivity contribution in [3.05, 3.63) is 71.8 Å². The van der Waals surface area contributed by atoms with Gasteiger partial charge in [0.05, 0.1) is 7.11 Å². The van der Waals surface area contributed by atoms with Crippen molar-refractivity contribution in [3.63, 3.8) is 0 Å². The first-order valence-corrected chi connectivity index (χ1v) is 6.89. The number of ketones is 1. The summed E-state index contributed by atoms with van der Waals surface area (Å²) in [7, 11) is 2.71. The average molecular weight is 298 g/mol. The summed E-state index contributed by atoms with van der Waals surface area (Å²) in [6, 6.07) is 17.8. The second-order valence-corrected chi connectivity index (χ2v) is 4.83. The van der Waals surface area contributed by atoms with Gasteiger partial charge < -0.3 is 9.47 Å². The van der Waals surface area contributed by atoms with E-state index in [1.807, 2.05) is 12.1 Å². The fraction of sp³-hybridized carbons (Fsp3) is 0.222. The molecular formula is C18H18O4. The zero-order valence-corrected chi connectivity index (χ0v) is 12.6. The van der Waals surface area contributed by atoms with Crippen LogP contribution >= 0.6 is 0 Å². The van der Waals surface area contributed by atoms with Crippen LogP contribution in [0.15, 0.2) is 60.7 Å². The van der Waals surface area contributed by atoms with Crippen LogP contribution in [-0.4, -0.2) is 32.6 Å². The minimum absolute atomic E-state index is 0.182. The predicted octanol–water partition coefficient (Wildman–Crippen LogP) is 2.36. The molecule has 0 aliphatic carbocycles. The van der Waals surface area contributed by atoms with Crippen LogP contribution in [0.3, 0.4) is 0 Å². The Morgan fingerprint density at radius 2 is 1.32 bits per heavy atom. The van der Waals surface area contributed by atoms with E-state index >= 15 is 0 Å². The standard InChI is InChI=1S/C18H18O4/c1-21-13-16(19)18(17(20)22-2,14-9-5-3-6-10-14)15-11-7-4-8-12-15/h3-12H,13H2,1-2H3. The van der Waals surface area contributed by atoms with Crippen LogP contribution < -0.4 is 0 Å². The molecule has 0 bridgehead atoms. The number of Topliss-reactive ketones (excluding diaryl/α,β-unsaturated/α-hetero) is 1. The molecule has 0 unspecified atom stereocenters. The number of hydrogen-bond donors (Lipinski definition) is 0. The van der Waals surface area contributed by atoms with Crippen molar-refractivity contribution in [2.45, 2.75) is 5.41 Å². The van der Waals surface area contributed by atoms with Gasteiger partial charge in [0.25, 0.3) is 0 Å². The fourth-order valence-electron chi connectivity index (χ4n) is 2.61. The molecule has 114 valence electrons. The van der Waals surface area contributed by atoms with Crippen molar-refractivity contribution in [2.75, 3.05) is 20.8 Å². The van der Waals surface area contributed by atoms with E-state index in [4.69, 9.17) is 9.47 Å². The molecule has 4 nitrogen and oxygen atoms in total. The lowest BCUT2D eigenvalue weighted by molar-refractivity contribution is -0.151. The summed E-state index contributed by atoms with van der Waals surface area (Å²) in [6.07, 6.45) is 0. The Morgan fingerprint density at radius 3 is 1.68 bits per heavy atom. The summed E-state index contributed by atoms with van der Waals surface area (Å²) in [6.45, 7) is -0.182. The first kappa shape index (κ1) is 15.9. The Balaban J connectivity index is 2.75. The maximum atomic E-state index is 12.8.